The number of carbonyl (C=O) groups is 1. The van der Waals surface area contributed by atoms with Crippen molar-refractivity contribution in [2.24, 2.45) is 0 Å². The molecule has 0 saturated carbocycles. The highest BCUT2D eigenvalue weighted by atomic mass is 19.4. The van der Waals surface area contributed by atoms with Crippen LogP contribution in [0.25, 0.3) is 0 Å². The van der Waals surface area contributed by atoms with E-state index < -0.39 is 12.2 Å². The number of rotatable bonds is 7. The van der Waals surface area contributed by atoms with Crippen LogP contribution in [0.4, 0.5) is 13.2 Å². The van der Waals surface area contributed by atoms with Gasteiger partial charge in [0.25, 0.3) is 0 Å². The molecule has 118 valence electrons. The molecule has 4 nitrogen and oxygen atoms in total. The second-order valence-corrected chi connectivity index (χ2v) is 4.69. The van der Waals surface area contributed by atoms with E-state index >= 15 is 0 Å². The van der Waals surface area contributed by atoms with E-state index in [1.165, 1.54) is 29.2 Å². The van der Waals surface area contributed by atoms with Crippen molar-refractivity contribution in [2.75, 3.05) is 33.7 Å². The van der Waals surface area contributed by atoms with Crippen LogP contribution in [0.2, 0.25) is 0 Å². The van der Waals surface area contributed by atoms with Crippen molar-refractivity contribution in [3.8, 4) is 0 Å². The van der Waals surface area contributed by atoms with E-state index in [-0.39, 0.29) is 18.0 Å². The van der Waals surface area contributed by atoms with Gasteiger partial charge in [-0.15, -0.1) is 0 Å². The third kappa shape index (κ3) is 5.73. The summed E-state index contributed by atoms with van der Waals surface area (Å²) in [5.41, 5.74) is 0.0932. The summed E-state index contributed by atoms with van der Waals surface area (Å²) in [6.45, 7) is 0.669. The fraction of sp³-hybridized carbons (Fsp3) is 0.500. The summed E-state index contributed by atoms with van der Waals surface area (Å²) in [6.07, 6.45) is -4.45. The smallest absolute Gasteiger partial charge is 0.343 e. The first-order chi connectivity index (χ1) is 9.86. The maximum Gasteiger partial charge on any atom is 0.407 e. The number of hydrogen-bond acceptors (Lipinski definition) is 3. The highest BCUT2D eigenvalue weighted by Gasteiger charge is 2.40. The lowest BCUT2D eigenvalue weighted by atomic mass is 10.1. The zero-order valence-corrected chi connectivity index (χ0v) is 12.1. The fourth-order valence-corrected chi connectivity index (χ4v) is 1.80. The van der Waals surface area contributed by atoms with Crippen molar-refractivity contribution in [2.45, 2.75) is 12.2 Å². The van der Waals surface area contributed by atoms with E-state index in [1.54, 1.807) is 20.2 Å². The predicted octanol–water partition coefficient (Wildman–Crippen LogP) is 1.56. The molecule has 1 amide bonds. The molecule has 0 bridgehead atoms. The lowest BCUT2D eigenvalue weighted by Gasteiger charge is -2.23. The van der Waals surface area contributed by atoms with Crippen LogP contribution in [0.5, 0.6) is 0 Å². The number of likely N-dealkylation sites (N-methyl/N-ethyl adjacent to an activating group) is 2. The Bertz CT molecular complexity index is 437. The molecule has 0 heterocycles. The zero-order valence-electron chi connectivity index (χ0n) is 12.1. The summed E-state index contributed by atoms with van der Waals surface area (Å²) in [7, 11) is 3.30. The molecular weight excluding hydrogens is 283 g/mol. The molecule has 0 spiro atoms. The minimum atomic E-state index is -4.45. The van der Waals surface area contributed by atoms with Gasteiger partial charge in [0, 0.05) is 20.1 Å². The highest BCUT2D eigenvalue weighted by Crippen LogP contribution is 2.32. The Kier molecular flexibility index (Phi) is 6.64. The van der Waals surface area contributed by atoms with Gasteiger partial charge < -0.3 is 10.2 Å². The van der Waals surface area contributed by atoms with Gasteiger partial charge in [-0.25, -0.2) is 0 Å². The maximum atomic E-state index is 13.1. The Morgan fingerprint density at radius 1 is 1.29 bits per heavy atom. The van der Waals surface area contributed by atoms with Gasteiger partial charge in [-0.2, -0.15) is 13.2 Å². The van der Waals surface area contributed by atoms with E-state index in [4.69, 9.17) is 0 Å². The molecule has 0 saturated heterocycles. The SMILES string of the molecule is CNCCN(C)C(=O)CNC(c1ccccc1)C(F)(F)F. The standard InChI is InChI=1S/C14H20F3N3O/c1-18-8-9-20(2)12(21)10-19-13(14(15,16)17)11-6-4-3-5-7-11/h3-7,13,18-19H,8-10H2,1-2H3. The second-order valence-electron chi connectivity index (χ2n) is 4.69. The van der Waals surface area contributed by atoms with Gasteiger partial charge in [0.15, 0.2) is 0 Å². The minimum absolute atomic E-state index is 0.0932. The predicted molar refractivity (Wildman–Crippen MR) is 74.8 cm³/mol. The average molecular weight is 303 g/mol. The van der Waals surface area contributed by atoms with E-state index in [9.17, 15) is 18.0 Å². The lowest BCUT2D eigenvalue weighted by molar-refractivity contribution is -0.158. The van der Waals surface area contributed by atoms with Gasteiger partial charge >= 0.3 is 6.18 Å². The third-order valence-electron chi connectivity index (χ3n) is 3.04. The fourth-order valence-electron chi connectivity index (χ4n) is 1.80. The minimum Gasteiger partial charge on any atom is -0.343 e. The molecule has 2 N–H and O–H groups in total. The number of benzene rings is 1. The summed E-state index contributed by atoms with van der Waals surface area (Å²) >= 11 is 0. The molecular formula is C14H20F3N3O. The molecule has 1 rings (SSSR count). The first-order valence-electron chi connectivity index (χ1n) is 6.60. The molecule has 1 atom stereocenters. The number of hydrogen-bond donors (Lipinski definition) is 2. The van der Waals surface area contributed by atoms with E-state index in [2.05, 4.69) is 10.6 Å². The van der Waals surface area contributed by atoms with Gasteiger partial charge in [-0.3, -0.25) is 10.1 Å². The van der Waals surface area contributed by atoms with Crippen LogP contribution < -0.4 is 10.6 Å². The quantitative estimate of drug-likeness (QED) is 0.803. The lowest BCUT2D eigenvalue weighted by Crippen LogP contribution is -2.43. The number of amides is 1. The van der Waals surface area contributed by atoms with Crippen LogP contribution in [-0.2, 0) is 4.79 Å². The molecule has 1 aromatic rings. The van der Waals surface area contributed by atoms with Crippen molar-refractivity contribution < 1.29 is 18.0 Å². The molecule has 1 unspecified atom stereocenters. The van der Waals surface area contributed by atoms with Gasteiger partial charge in [-0.05, 0) is 12.6 Å². The van der Waals surface area contributed by atoms with E-state index in [1.807, 2.05) is 0 Å². The van der Waals surface area contributed by atoms with Crippen LogP contribution >= 0.6 is 0 Å². The Balaban J connectivity index is 2.65. The second kappa shape index (κ2) is 7.99. The van der Waals surface area contributed by atoms with Crippen molar-refractivity contribution in [3.05, 3.63) is 35.9 Å². The number of carbonyl (C=O) groups excluding carboxylic acids is 1. The average Bonchev–Trinajstić information content (AvgIpc) is 2.44. The summed E-state index contributed by atoms with van der Waals surface area (Å²) in [5.74, 6) is -0.379. The highest BCUT2D eigenvalue weighted by molar-refractivity contribution is 5.78. The molecule has 7 heteroatoms. The van der Waals surface area contributed by atoms with Gasteiger partial charge in [0.05, 0.1) is 6.54 Å². The molecule has 1 aromatic carbocycles. The van der Waals surface area contributed by atoms with Crippen LogP contribution in [0.3, 0.4) is 0 Å². The van der Waals surface area contributed by atoms with Gasteiger partial charge in [0.1, 0.15) is 6.04 Å². The zero-order chi connectivity index (χ0) is 15.9. The number of nitrogens with one attached hydrogen (secondary N) is 2. The Hall–Kier alpha value is -1.60. The first-order valence-corrected chi connectivity index (χ1v) is 6.60. The molecule has 0 radical (unpaired) electrons. The van der Waals surface area contributed by atoms with E-state index in [0.29, 0.717) is 13.1 Å². The maximum absolute atomic E-state index is 13.1. The summed E-state index contributed by atoms with van der Waals surface area (Å²) in [6, 6.07) is 5.65. The molecule has 0 aliphatic rings. The topological polar surface area (TPSA) is 44.4 Å². The monoisotopic (exact) mass is 303 g/mol. The Morgan fingerprint density at radius 3 is 2.43 bits per heavy atom. The van der Waals surface area contributed by atoms with Crippen molar-refractivity contribution in [1.29, 1.82) is 0 Å². The van der Waals surface area contributed by atoms with Gasteiger partial charge in [0.2, 0.25) is 5.91 Å². The summed E-state index contributed by atoms with van der Waals surface area (Å²) in [5, 5.41) is 5.17. The Labute approximate surface area is 122 Å². The van der Waals surface area contributed by atoms with Crippen LogP contribution in [0, 0.1) is 0 Å². The Morgan fingerprint density at radius 2 is 1.90 bits per heavy atom. The largest absolute Gasteiger partial charge is 0.407 e. The summed E-state index contributed by atoms with van der Waals surface area (Å²) < 4.78 is 39.2. The number of alkyl halides is 3. The van der Waals surface area contributed by atoms with Gasteiger partial charge in [-0.1, -0.05) is 30.3 Å². The molecule has 0 aliphatic heterocycles. The normalized spacial score (nSPS) is 13.0. The summed E-state index contributed by atoms with van der Waals surface area (Å²) in [4.78, 5) is 13.2. The number of halogens is 3. The van der Waals surface area contributed by atoms with Crippen molar-refractivity contribution in [1.82, 2.24) is 15.5 Å². The molecule has 0 fully saturated rings. The third-order valence-corrected chi connectivity index (χ3v) is 3.04. The van der Waals surface area contributed by atoms with Crippen molar-refractivity contribution in [3.63, 3.8) is 0 Å². The van der Waals surface area contributed by atoms with Crippen LogP contribution in [0.1, 0.15) is 11.6 Å². The van der Waals surface area contributed by atoms with Crippen LogP contribution in [0.15, 0.2) is 30.3 Å². The number of nitrogens with zero attached hydrogens (tertiary/aromatic N) is 1. The molecule has 0 aliphatic carbocycles. The van der Waals surface area contributed by atoms with Crippen molar-refractivity contribution >= 4 is 5.91 Å². The molecule has 0 aromatic heterocycles. The van der Waals surface area contributed by atoms with E-state index in [0.717, 1.165) is 0 Å². The molecule has 21 heavy (non-hydrogen) atoms. The van der Waals surface area contributed by atoms with Crippen LogP contribution in [-0.4, -0.2) is 50.7 Å². The first kappa shape index (κ1) is 17.5.